The van der Waals surface area contributed by atoms with E-state index in [2.05, 4.69) is 10.3 Å². The molecule has 1 N–H and O–H groups in total. The first kappa shape index (κ1) is 22.7. The average molecular weight is 448 g/mol. The molecule has 1 unspecified atom stereocenters. The highest BCUT2D eigenvalue weighted by Gasteiger charge is 2.27. The van der Waals surface area contributed by atoms with Gasteiger partial charge in [-0.15, -0.1) is 0 Å². The maximum atomic E-state index is 13.4. The van der Waals surface area contributed by atoms with Gasteiger partial charge in [-0.2, -0.15) is 4.98 Å². The Hall–Kier alpha value is -2.94. The Bertz CT molecular complexity index is 1220. The molecule has 0 spiro atoms. The summed E-state index contributed by atoms with van der Waals surface area (Å²) < 4.78 is 44.9. The number of anilines is 1. The lowest BCUT2D eigenvalue weighted by Crippen LogP contribution is -2.27. The summed E-state index contributed by atoms with van der Waals surface area (Å²) >= 11 is 0. The van der Waals surface area contributed by atoms with Gasteiger partial charge in [-0.05, 0) is 55.2 Å². The summed E-state index contributed by atoms with van der Waals surface area (Å²) in [4.78, 5) is 17.4. The molecule has 2 heterocycles. The minimum absolute atomic E-state index is 0.0117. The number of hydrogen-bond donors (Lipinski definition) is 1. The van der Waals surface area contributed by atoms with E-state index in [4.69, 9.17) is 4.42 Å². The SMILES string of the molecule is CCNC(=O)c1c(-c2ccc(F)cc2)oc2nc(N(C)S(C)(=O)=O)c(C(C)CC)cc12. The number of sulfonamides is 1. The molecule has 0 aliphatic rings. The smallest absolute Gasteiger partial charge is 0.255 e. The van der Waals surface area contributed by atoms with Crippen molar-refractivity contribution in [2.75, 3.05) is 24.2 Å². The molecular weight excluding hydrogens is 421 g/mol. The van der Waals surface area contributed by atoms with Crippen LogP contribution in [0.3, 0.4) is 0 Å². The Balaban J connectivity index is 2.37. The third kappa shape index (κ3) is 4.41. The highest BCUT2D eigenvalue weighted by molar-refractivity contribution is 7.92. The number of benzene rings is 1. The second kappa shape index (κ2) is 8.66. The molecule has 0 radical (unpaired) electrons. The van der Waals surface area contributed by atoms with Gasteiger partial charge in [0.2, 0.25) is 15.7 Å². The van der Waals surface area contributed by atoms with Gasteiger partial charge in [0.05, 0.1) is 17.2 Å². The van der Waals surface area contributed by atoms with Crippen LogP contribution in [0.2, 0.25) is 0 Å². The van der Waals surface area contributed by atoms with Gasteiger partial charge in [0.15, 0.2) is 0 Å². The first-order chi connectivity index (χ1) is 14.6. The van der Waals surface area contributed by atoms with Crippen LogP contribution in [-0.4, -0.2) is 39.2 Å². The molecule has 0 saturated carbocycles. The zero-order chi connectivity index (χ0) is 22.9. The summed E-state index contributed by atoms with van der Waals surface area (Å²) in [7, 11) is -2.13. The van der Waals surface area contributed by atoms with E-state index in [0.717, 1.165) is 17.0 Å². The monoisotopic (exact) mass is 447 g/mol. The second-order valence-corrected chi connectivity index (χ2v) is 9.48. The molecule has 2 aromatic heterocycles. The lowest BCUT2D eigenvalue weighted by molar-refractivity contribution is 0.0957. The minimum atomic E-state index is -3.57. The van der Waals surface area contributed by atoms with E-state index < -0.39 is 15.8 Å². The molecule has 0 aliphatic carbocycles. The molecule has 1 aromatic carbocycles. The second-order valence-electron chi connectivity index (χ2n) is 7.47. The largest absolute Gasteiger partial charge is 0.437 e. The first-order valence-corrected chi connectivity index (χ1v) is 11.9. The fourth-order valence-electron chi connectivity index (χ4n) is 3.30. The quantitative estimate of drug-likeness (QED) is 0.583. The van der Waals surface area contributed by atoms with Crippen molar-refractivity contribution in [1.29, 1.82) is 0 Å². The third-order valence-electron chi connectivity index (χ3n) is 5.30. The fourth-order valence-corrected chi connectivity index (χ4v) is 3.76. The van der Waals surface area contributed by atoms with Gasteiger partial charge in [-0.3, -0.25) is 9.10 Å². The molecule has 1 amide bonds. The van der Waals surface area contributed by atoms with Crippen molar-refractivity contribution in [3.63, 3.8) is 0 Å². The van der Waals surface area contributed by atoms with Crippen molar-refractivity contribution in [2.24, 2.45) is 0 Å². The van der Waals surface area contributed by atoms with E-state index in [1.54, 1.807) is 13.0 Å². The normalized spacial score (nSPS) is 12.7. The number of hydrogen-bond acceptors (Lipinski definition) is 5. The maximum Gasteiger partial charge on any atom is 0.255 e. The van der Waals surface area contributed by atoms with E-state index in [1.807, 2.05) is 13.8 Å². The predicted molar refractivity (Wildman–Crippen MR) is 119 cm³/mol. The van der Waals surface area contributed by atoms with E-state index in [1.165, 1.54) is 31.3 Å². The van der Waals surface area contributed by atoms with Gasteiger partial charge < -0.3 is 9.73 Å². The third-order valence-corrected chi connectivity index (χ3v) is 6.47. The van der Waals surface area contributed by atoms with Crippen molar-refractivity contribution >= 4 is 32.8 Å². The average Bonchev–Trinajstić information content (AvgIpc) is 3.10. The van der Waals surface area contributed by atoms with Gasteiger partial charge in [0.1, 0.15) is 17.4 Å². The molecule has 7 nitrogen and oxygen atoms in total. The Morgan fingerprint density at radius 2 is 1.90 bits per heavy atom. The molecule has 0 bridgehead atoms. The molecule has 0 aliphatic heterocycles. The number of fused-ring (bicyclic) bond motifs is 1. The molecule has 9 heteroatoms. The molecule has 3 rings (SSSR count). The highest BCUT2D eigenvalue weighted by Crippen LogP contribution is 2.38. The number of halogens is 1. The van der Waals surface area contributed by atoms with E-state index in [-0.39, 0.29) is 34.7 Å². The van der Waals surface area contributed by atoms with Crippen molar-refractivity contribution in [2.45, 2.75) is 33.1 Å². The van der Waals surface area contributed by atoms with Gasteiger partial charge >= 0.3 is 0 Å². The Kier molecular flexibility index (Phi) is 6.35. The predicted octanol–water partition coefficient (Wildman–Crippen LogP) is 4.29. The van der Waals surface area contributed by atoms with Crippen LogP contribution >= 0.6 is 0 Å². The van der Waals surface area contributed by atoms with Crippen molar-refractivity contribution in [3.8, 4) is 11.3 Å². The fraction of sp³-hybridized carbons (Fsp3) is 0.364. The van der Waals surface area contributed by atoms with E-state index in [9.17, 15) is 17.6 Å². The summed E-state index contributed by atoms with van der Waals surface area (Å²) in [5, 5.41) is 3.26. The maximum absolute atomic E-state index is 13.4. The zero-order valence-corrected chi connectivity index (χ0v) is 19.0. The summed E-state index contributed by atoms with van der Waals surface area (Å²) in [6.07, 6.45) is 1.85. The van der Waals surface area contributed by atoms with Crippen LogP contribution in [0.25, 0.3) is 22.4 Å². The standard InChI is InChI=1S/C22H26FN3O4S/c1-6-13(3)16-12-17-18(21(27)24-7-2)19(14-8-10-15(23)11-9-14)30-22(17)25-20(16)26(4)31(5,28)29/h8-13H,6-7H2,1-5H3,(H,24,27). The van der Waals surface area contributed by atoms with Gasteiger partial charge in [-0.1, -0.05) is 13.8 Å². The number of carbonyl (C=O) groups excluding carboxylic acids is 1. The number of rotatable bonds is 7. The van der Waals surface area contributed by atoms with Crippen LogP contribution in [0.1, 0.15) is 49.0 Å². The van der Waals surface area contributed by atoms with Crippen molar-refractivity contribution in [3.05, 3.63) is 47.3 Å². The van der Waals surface area contributed by atoms with Crippen LogP contribution in [0.15, 0.2) is 34.7 Å². The lowest BCUT2D eigenvalue weighted by atomic mass is 9.96. The molecule has 3 aromatic rings. The van der Waals surface area contributed by atoms with E-state index >= 15 is 0 Å². The Morgan fingerprint density at radius 3 is 2.45 bits per heavy atom. The summed E-state index contributed by atoms with van der Waals surface area (Å²) in [5.41, 5.74) is 1.64. The van der Waals surface area contributed by atoms with Crippen LogP contribution in [0, 0.1) is 5.82 Å². The minimum Gasteiger partial charge on any atom is -0.437 e. The summed E-state index contributed by atoms with van der Waals surface area (Å²) in [6, 6.07) is 7.38. The molecule has 1 atom stereocenters. The Morgan fingerprint density at radius 1 is 1.26 bits per heavy atom. The number of furan rings is 1. The zero-order valence-electron chi connectivity index (χ0n) is 18.2. The van der Waals surface area contributed by atoms with Crippen molar-refractivity contribution < 1.29 is 22.0 Å². The van der Waals surface area contributed by atoms with Crippen molar-refractivity contribution in [1.82, 2.24) is 10.3 Å². The Labute approximate surface area is 181 Å². The van der Waals surface area contributed by atoms with Gasteiger partial charge in [-0.25, -0.2) is 12.8 Å². The molecular formula is C22H26FN3O4S. The molecule has 0 saturated heterocycles. The van der Waals surface area contributed by atoms with Crippen LogP contribution in [0.4, 0.5) is 10.2 Å². The van der Waals surface area contributed by atoms with E-state index in [0.29, 0.717) is 23.1 Å². The number of pyridine rings is 1. The number of aromatic nitrogens is 1. The molecule has 166 valence electrons. The number of nitrogens with zero attached hydrogens (tertiary/aromatic N) is 2. The summed E-state index contributed by atoms with van der Waals surface area (Å²) in [5.74, 6) is -0.258. The number of nitrogens with one attached hydrogen (secondary N) is 1. The topological polar surface area (TPSA) is 92.5 Å². The van der Waals surface area contributed by atoms with Gasteiger partial charge in [0, 0.05) is 19.2 Å². The summed E-state index contributed by atoms with van der Waals surface area (Å²) in [6.45, 7) is 6.17. The van der Waals surface area contributed by atoms with Gasteiger partial charge in [0.25, 0.3) is 5.91 Å². The molecule has 0 fully saturated rings. The van der Waals surface area contributed by atoms with Crippen LogP contribution in [-0.2, 0) is 10.0 Å². The number of amides is 1. The highest BCUT2D eigenvalue weighted by atomic mass is 32.2. The van der Waals surface area contributed by atoms with Crippen LogP contribution in [0.5, 0.6) is 0 Å². The lowest BCUT2D eigenvalue weighted by Gasteiger charge is -2.21. The molecule has 31 heavy (non-hydrogen) atoms. The van der Waals surface area contributed by atoms with Crippen LogP contribution < -0.4 is 9.62 Å². The number of carbonyl (C=O) groups is 1. The first-order valence-electron chi connectivity index (χ1n) is 10.0.